The number of hydrazine groups is 1. The van der Waals surface area contributed by atoms with Crippen molar-refractivity contribution < 1.29 is 10.2 Å². The van der Waals surface area contributed by atoms with E-state index in [0.29, 0.717) is 6.42 Å². The molecule has 0 radical (unpaired) electrons. The molecule has 6 heteroatoms. The number of hydrogen-bond donors (Lipinski definition) is 4. The molecule has 6 nitrogen and oxygen atoms in total. The molecule has 1 aromatic carbocycles. The SMILES string of the molecule is OCCc1cc2n(n1)C(c1ccc(O)cc1)NN2. The van der Waals surface area contributed by atoms with E-state index in [1.165, 1.54) is 0 Å². The Morgan fingerprint density at radius 1 is 1.28 bits per heavy atom. The first kappa shape index (κ1) is 11.1. The minimum atomic E-state index is -0.104. The van der Waals surface area contributed by atoms with E-state index >= 15 is 0 Å². The van der Waals surface area contributed by atoms with Crippen molar-refractivity contribution in [1.29, 1.82) is 0 Å². The lowest BCUT2D eigenvalue weighted by Gasteiger charge is -2.11. The normalized spacial score (nSPS) is 17.5. The number of nitrogens with one attached hydrogen (secondary N) is 2. The summed E-state index contributed by atoms with van der Waals surface area (Å²) in [5.41, 5.74) is 8.01. The van der Waals surface area contributed by atoms with Gasteiger partial charge in [0.25, 0.3) is 0 Å². The average Bonchev–Trinajstić information content (AvgIpc) is 2.90. The molecule has 1 atom stereocenters. The van der Waals surface area contributed by atoms with Crippen molar-refractivity contribution >= 4 is 5.82 Å². The van der Waals surface area contributed by atoms with Gasteiger partial charge in [-0.25, -0.2) is 10.1 Å². The van der Waals surface area contributed by atoms with Crippen LogP contribution in [-0.4, -0.2) is 26.6 Å². The van der Waals surface area contributed by atoms with Crippen molar-refractivity contribution in [2.75, 3.05) is 12.0 Å². The Morgan fingerprint density at radius 3 is 2.78 bits per heavy atom. The van der Waals surface area contributed by atoms with Gasteiger partial charge in [0, 0.05) is 19.1 Å². The molecule has 1 aliphatic heterocycles. The fraction of sp³-hybridized carbons (Fsp3) is 0.250. The molecule has 0 saturated heterocycles. The van der Waals surface area contributed by atoms with Crippen molar-refractivity contribution in [3.8, 4) is 5.75 Å². The summed E-state index contributed by atoms with van der Waals surface area (Å²) in [6.07, 6.45) is 0.442. The molecule has 0 aliphatic carbocycles. The van der Waals surface area contributed by atoms with Gasteiger partial charge in [-0.05, 0) is 17.7 Å². The Bertz CT molecular complexity index is 550. The zero-order valence-corrected chi connectivity index (χ0v) is 9.67. The van der Waals surface area contributed by atoms with Gasteiger partial charge in [-0.15, -0.1) is 0 Å². The van der Waals surface area contributed by atoms with Crippen molar-refractivity contribution in [2.45, 2.75) is 12.6 Å². The second kappa shape index (κ2) is 4.32. The lowest BCUT2D eigenvalue weighted by atomic mass is 10.2. The van der Waals surface area contributed by atoms with Crippen molar-refractivity contribution in [3.05, 3.63) is 41.6 Å². The van der Waals surface area contributed by atoms with Crippen LogP contribution in [0.5, 0.6) is 5.75 Å². The molecule has 0 amide bonds. The number of aromatic nitrogens is 2. The van der Waals surface area contributed by atoms with Gasteiger partial charge >= 0.3 is 0 Å². The predicted molar refractivity (Wildman–Crippen MR) is 66.0 cm³/mol. The van der Waals surface area contributed by atoms with Crippen LogP contribution in [0.4, 0.5) is 5.82 Å². The highest BCUT2D eigenvalue weighted by Gasteiger charge is 2.24. The summed E-state index contributed by atoms with van der Waals surface area (Å²) in [4.78, 5) is 0. The van der Waals surface area contributed by atoms with Crippen LogP contribution < -0.4 is 10.9 Å². The van der Waals surface area contributed by atoms with Crippen molar-refractivity contribution in [1.82, 2.24) is 15.2 Å². The van der Waals surface area contributed by atoms with E-state index in [1.54, 1.807) is 12.1 Å². The highest BCUT2D eigenvalue weighted by molar-refractivity contribution is 5.42. The molecule has 1 aromatic heterocycles. The molecule has 94 valence electrons. The maximum Gasteiger partial charge on any atom is 0.146 e. The van der Waals surface area contributed by atoms with Gasteiger partial charge in [0.2, 0.25) is 0 Å². The number of benzene rings is 1. The molecule has 2 heterocycles. The number of aromatic hydroxyl groups is 1. The number of aliphatic hydroxyl groups excluding tert-OH is 1. The molecule has 0 spiro atoms. The van der Waals surface area contributed by atoms with Gasteiger partial charge in [-0.3, -0.25) is 0 Å². The van der Waals surface area contributed by atoms with Crippen molar-refractivity contribution in [2.24, 2.45) is 0 Å². The number of fused-ring (bicyclic) bond motifs is 1. The van der Waals surface area contributed by atoms with Crippen LogP contribution >= 0.6 is 0 Å². The summed E-state index contributed by atoms with van der Waals surface area (Å²) in [5, 5.41) is 22.6. The van der Waals surface area contributed by atoms with E-state index in [4.69, 9.17) is 5.11 Å². The van der Waals surface area contributed by atoms with E-state index in [1.807, 2.05) is 22.9 Å². The van der Waals surface area contributed by atoms with Gasteiger partial charge in [0.05, 0.1) is 5.69 Å². The van der Waals surface area contributed by atoms with Crippen LogP contribution in [0.2, 0.25) is 0 Å². The van der Waals surface area contributed by atoms with Gasteiger partial charge in [0.15, 0.2) is 0 Å². The molecule has 1 unspecified atom stereocenters. The van der Waals surface area contributed by atoms with E-state index in [0.717, 1.165) is 17.1 Å². The van der Waals surface area contributed by atoms with Gasteiger partial charge < -0.3 is 15.6 Å². The number of phenols is 1. The quantitative estimate of drug-likeness (QED) is 0.637. The third-order valence-corrected chi connectivity index (χ3v) is 2.94. The summed E-state index contributed by atoms with van der Waals surface area (Å²) in [6, 6.07) is 8.89. The lowest BCUT2D eigenvalue weighted by molar-refractivity contribution is 0.297. The minimum Gasteiger partial charge on any atom is -0.508 e. The average molecular weight is 246 g/mol. The second-order valence-electron chi connectivity index (χ2n) is 4.20. The lowest BCUT2D eigenvalue weighted by Crippen LogP contribution is -2.23. The second-order valence-corrected chi connectivity index (χ2v) is 4.20. The Morgan fingerprint density at radius 2 is 2.06 bits per heavy atom. The van der Waals surface area contributed by atoms with E-state index in [-0.39, 0.29) is 18.5 Å². The Labute approximate surface area is 104 Å². The minimum absolute atomic E-state index is 0.0910. The summed E-state index contributed by atoms with van der Waals surface area (Å²) in [5.74, 6) is 1.11. The third kappa shape index (κ3) is 1.81. The van der Waals surface area contributed by atoms with Gasteiger partial charge in [-0.1, -0.05) is 12.1 Å². The molecule has 4 N–H and O–H groups in total. The van der Waals surface area contributed by atoms with Crippen LogP contribution in [0.1, 0.15) is 17.4 Å². The fourth-order valence-corrected chi connectivity index (χ4v) is 2.06. The molecule has 0 bridgehead atoms. The Balaban J connectivity index is 1.91. The highest BCUT2D eigenvalue weighted by atomic mass is 16.3. The molecular formula is C12H14N4O2. The molecule has 0 saturated carbocycles. The fourth-order valence-electron chi connectivity index (χ4n) is 2.06. The molecule has 18 heavy (non-hydrogen) atoms. The number of rotatable bonds is 3. The Kier molecular flexibility index (Phi) is 2.66. The summed E-state index contributed by atoms with van der Waals surface area (Å²) in [6.45, 7) is 0.0910. The van der Waals surface area contributed by atoms with Crippen molar-refractivity contribution in [3.63, 3.8) is 0 Å². The standard InChI is InChI=1S/C12H14N4O2/c17-6-5-9-7-11-13-14-12(16(11)15-9)8-1-3-10(18)4-2-8/h1-4,7,12-14,17-18H,5-6H2. The first-order chi connectivity index (χ1) is 8.78. The van der Waals surface area contributed by atoms with E-state index in [2.05, 4.69) is 16.0 Å². The van der Waals surface area contributed by atoms with Crippen LogP contribution in [0.3, 0.4) is 0 Å². The smallest absolute Gasteiger partial charge is 0.146 e. The largest absolute Gasteiger partial charge is 0.508 e. The van der Waals surface area contributed by atoms with Crippen LogP contribution in [0.15, 0.2) is 30.3 Å². The molecule has 1 aliphatic rings. The maximum atomic E-state index is 9.28. The first-order valence-corrected chi connectivity index (χ1v) is 5.77. The van der Waals surface area contributed by atoms with Gasteiger partial charge in [0.1, 0.15) is 17.7 Å². The third-order valence-electron chi connectivity index (χ3n) is 2.94. The van der Waals surface area contributed by atoms with E-state index < -0.39 is 0 Å². The summed E-state index contributed by atoms with van der Waals surface area (Å²) in [7, 11) is 0. The molecule has 2 aromatic rings. The maximum absolute atomic E-state index is 9.28. The van der Waals surface area contributed by atoms with Crippen LogP contribution in [-0.2, 0) is 6.42 Å². The monoisotopic (exact) mass is 246 g/mol. The number of hydrogen-bond acceptors (Lipinski definition) is 5. The van der Waals surface area contributed by atoms with Gasteiger partial charge in [-0.2, -0.15) is 5.10 Å². The molecule has 3 rings (SSSR count). The number of aliphatic hydroxyl groups is 1. The van der Waals surface area contributed by atoms with Crippen LogP contribution in [0, 0.1) is 0 Å². The number of nitrogens with zero attached hydrogens (tertiary/aromatic N) is 2. The Hall–Kier alpha value is -2.05. The highest BCUT2D eigenvalue weighted by Crippen LogP contribution is 2.26. The van der Waals surface area contributed by atoms with Crippen LogP contribution in [0.25, 0.3) is 0 Å². The number of phenolic OH excluding ortho intramolecular Hbond substituents is 1. The summed E-state index contributed by atoms with van der Waals surface area (Å²) < 4.78 is 1.83. The molecular weight excluding hydrogens is 232 g/mol. The van der Waals surface area contributed by atoms with E-state index in [9.17, 15) is 5.11 Å². The predicted octanol–water partition coefficient (Wildman–Crippen LogP) is 0.601. The zero-order chi connectivity index (χ0) is 12.5. The topological polar surface area (TPSA) is 82.3 Å². The molecule has 0 fully saturated rings. The zero-order valence-electron chi connectivity index (χ0n) is 9.67. The number of anilines is 1. The first-order valence-electron chi connectivity index (χ1n) is 5.77. The summed E-state index contributed by atoms with van der Waals surface area (Å²) >= 11 is 0.